The highest BCUT2D eigenvalue weighted by molar-refractivity contribution is 7.98. The smallest absolute Gasteiger partial charge is 0.109 e. The van der Waals surface area contributed by atoms with Crippen molar-refractivity contribution >= 4 is 11.8 Å². The summed E-state index contributed by atoms with van der Waals surface area (Å²) in [5, 5.41) is 0. The highest BCUT2D eigenvalue weighted by atomic mass is 32.2. The molecule has 0 aliphatic carbocycles. The van der Waals surface area contributed by atoms with Gasteiger partial charge in [0, 0.05) is 54.3 Å². The Bertz CT molecular complexity index is 975. The van der Waals surface area contributed by atoms with E-state index in [0.29, 0.717) is 0 Å². The van der Waals surface area contributed by atoms with E-state index < -0.39 is 0 Å². The third-order valence-corrected chi connectivity index (χ3v) is 10.2. The predicted molar refractivity (Wildman–Crippen MR) is 154 cm³/mol. The van der Waals surface area contributed by atoms with E-state index in [4.69, 9.17) is 4.98 Å². The predicted octanol–water partition coefficient (Wildman–Crippen LogP) is 6.83. The van der Waals surface area contributed by atoms with Crippen molar-refractivity contribution < 1.29 is 0 Å². The second kappa shape index (κ2) is 11.6. The third kappa shape index (κ3) is 5.73. The van der Waals surface area contributed by atoms with Gasteiger partial charge in [0.2, 0.25) is 0 Å². The van der Waals surface area contributed by atoms with Gasteiger partial charge >= 0.3 is 0 Å². The van der Waals surface area contributed by atoms with Crippen molar-refractivity contribution in [3.63, 3.8) is 0 Å². The van der Waals surface area contributed by atoms with Crippen LogP contribution in [0.4, 0.5) is 0 Å². The molecular formula is C31H48N4S. The minimum Gasteiger partial charge on any atom is -0.334 e. The molecule has 0 radical (unpaired) electrons. The molecule has 4 heterocycles. The van der Waals surface area contributed by atoms with Crippen molar-refractivity contribution in [3.05, 3.63) is 36.3 Å². The zero-order valence-corrected chi connectivity index (χ0v) is 24.1. The van der Waals surface area contributed by atoms with Gasteiger partial charge in [0.25, 0.3) is 0 Å². The van der Waals surface area contributed by atoms with Crippen molar-refractivity contribution in [1.29, 1.82) is 0 Å². The van der Waals surface area contributed by atoms with Crippen LogP contribution >= 0.6 is 11.8 Å². The molecule has 5 heteroatoms. The zero-order valence-electron chi connectivity index (χ0n) is 23.3. The van der Waals surface area contributed by atoms with Crippen molar-refractivity contribution in [3.8, 4) is 11.3 Å². The Morgan fingerprint density at radius 2 is 1.78 bits per heavy atom. The zero-order chi connectivity index (χ0) is 25.2. The average Bonchev–Trinajstić information content (AvgIpc) is 3.33. The van der Waals surface area contributed by atoms with E-state index in [9.17, 15) is 0 Å². The first-order chi connectivity index (χ1) is 17.4. The van der Waals surface area contributed by atoms with Crippen molar-refractivity contribution in [2.75, 3.05) is 25.9 Å². The van der Waals surface area contributed by atoms with Gasteiger partial charge in [0.15, 0.2) is 0 Å². The van der Waals surface area contributed by atoms with Crippen LogP contribution in [0.5, 0.6) is 0 Å². The number of hydrogen-bond acceptors (Lipinski definition) is 4. The van der Waals surface area contributed by atoms with Crippen molar-refractivity contribution in [2.45, 2.75) is 102 Å². The molecule has 3 aliphatic rings. The number of benzene rings is 1. The first-order valence-corrected chi connectivity index (χ1v) is 15.9. The molecular weight excluding hydrogens is 460 g/mol. The third-order valence-electron chi connectivity index (χ3n) is 9.41. The van der Waals surface area contributed by atoms with Gasteiger partial charge < -0.3 is 9.47 Å². The molecule has 1 aromatic carbocycles. The molecule has 4 unspecified atom stereocenters. The SMILES string of the molecule is CCC1CC(N2CCC(C3CCc4nc(-c5ccc(SC)cc5)cn4C3)CC2)CC(C)N1CC(C)C. The summed E-state index contributed by atoms with van der Waals surface area (Å²) in [4.78, 5) is 12.0. The fraction of sp³-hybridized carbons (Fsp3) is 0.710. The molecule has 0 saturated carbocycles. The molecule has 3 aliphatic heterocycles. The van der Waals surface area contributed by atoms with Crippen LogP contribution in [0.2, 0.25) is 0 Å². The Labute approximate surface area is 224 Å². The van der Waals surface area contributed by atoms with E-state index in [1.54, 1.807) is 11.8 Å². The molecule has 198 valence electrons. The maximum Gasteiger partial charge on any atom is 0.109 e. The van der Waals surface area contributed by atoms with E-state index in [-0.39, 0.29) is 0 Å². The van der Waals surface area contributed by atoms with E-state index in [2.05, 4.69) is 78.8 Å². The Kier molecular flexibility index (Phi) is 8.49. The van der Waals surface area contributed by atoms with Gasteiger partial charge in [0.05, 0.1) is 5.69 Å². The lowest BCUT2D eigenvalue weighted by molar-refractivity contribution is 0.00240. The second-order valence-corrected chi connectivity index (χ2v) is 13.1. The minimum absolute atomic E-state index is 0.720. The Hall–Kier alpha value is -1.30. The Morgan fingerprint density at radius 1 is 1.03 bits per heavy atom. The lowest BCUT2D eigenvalue weighted by Gasteiger charge is -2.49. The van der Waals surface area contributed by atoms with Crippen LogP contribution in [0.1, 0.15) is 72.0 Å². The number of aromatic nitrogens is 2. The summed E-state index contributed by atoms with van der Waals surface area (Å²) in [5.41, 5.74) is 2.40. The number of aryl methyl sites for hydroxylation is 1. The molecule has 0 spiro atoms. The summed E-state index contributed by atoms with van der Waals surface area (Å²) < 4.78 is 2.48. The summed E-state index contributed by atoms with van der Waals surface area (Å²) >= 11 is 1.80. The second-order valence-electron chi connectivity index (χ2n) is 12.2. The van der Waals surface area contributed by atoms with Crippen molar-refractivity contribution in [2.24, 2.45) is 17.8 Å². The fourth-order valence-corrected chi connectivity index (χ4v) is 7.80. The molecule has 0 N–H and O–H groups in total. The highest BCUT2D eigenvalue weighted by Gasteiger charge is 2.37. The number of hydrogen-bond donors (Lipinski definition) is 0. The maximum absolute atomic E-state index is 5.02. The standard InChI is InChI=1S/C31H48N4S/c1-6-27-18-28(17-23(4)35(27)19-22(2)3)33-15-13-24(14-16-33)26-9-12-31-32-30(21-34(31)20-26)25-7-10-29(36-5)11-8-25/h7-8,10-11,21-24,26-28H,6,9,12-20H2,1-5H3. The lowest BCUT2D eigenvalue weighted by Crippen LogP contribution is -2.56. The van der Waals surface area contributed by atoms with Gasteiger partial charge in [-0.1, -0.05) is 32.9 Å². The minimum atomic E-state index is 0.720. The Balaban J connectivity index is 1.16. The lowest BCUT2D eigenvalue weighted by atomic mass is 9.79. The topological polar surface area (TPSA) is 24.3 Å². The summed E-state index contributed by atoms with van der Waals surface area (Å²) in [6, 6.07) is 11.2. The van der Waals surface area contributed by atoms with Gasteiger partial charge in [-0.25, -0.2) is 4.98 Å². The summed E-state index contributed by atoms with van der Waals surface area (Å²) in [6.07, 6.45) is 13.7. The maximum atomic E-state index is 5.02. The van der Waals surface area contributed by atoms with E-state index in [0.717, 1.165) is 48.0 Å². The summed E-state index contributed by atoms with van der Waals surface area (Å²) in [7, 11) is 0. The van der Waals surface area contributed by atoms with Crippen LogP contribution in [0.3, 0.4) is 0 Å². The van der Waals surface area contributed by atoms with E-state index in [1.165, 1.54) is 81.0 Å². The molecule has 36 heavy (non-hydrogen) atoms. The van der Waals surface area contributed by atoms with Crippen LogP contribution in [0, 0.1) is 17.8 Å². The molecule has 5 rings (SSSR count). The molecule has 0 bridgehead atoms. The van der Waals surface area contributed by atoms with Gasteiger partial charge in [0.1, 0.15) is 5.82 Å². The molecule has 4 nitrogen and oxygen atoms in total. The van der Waals surface area contributed by atoms with Gasteiger partial charge in [-0.15, -0.1) is 11.8 Å². The van der Waals surface area contributed by atoms with E-state index in [1.807, 2.05) is 0 Å². The fourth-order valence-electron chi connectivity index (χ4n) is 7.40. The van der Waals surface area contributed by atoms with Crippen LogP contribution in [-0.2, 0) is 13.0 Å². The van der Waals surface area contributed by atoms with E-state index >= 15 is 0 Å². The number of thioether (sulfide) groups is 1. The first-order valence-electron chi connectivity index (χ1n) is 14.6. The highest BCUT2D eigenvalue weighted by Crippen LogP contribution is 2.37. The largest absolute Gasteiger partial charge is 0.334 e. The first kappa shape index (κ1) is 26.3. The molecule has 2 saturated heterocycles. The molecule has 4 atom stereocenters. The summed E-state index contributed by atoms with van der Waals surface area (Å²) in [5.74, 6) is 3.75. The average molecular weight is 509 g/mol. The number of piperidine rings is 2. The number of nitrogens with zero attached hydrogens (tertiary/aromatic N) is 4. The summed E-state index contributed by atoms with van der Waals surface area (Å²) in [6.45, 7) is 14.7. The van der Waals surface area contributed by atoms with Crippen LogP contribution in [0.25, 0.3) is 11.3 Å². The van der Waals surface area contributed by atoms with Crippen LogP contribution in [0.15, 0.2) is 35.4 Å². The van der Waals surface area contributed by atoms with Gasteiger partial charge in [-0.2, -0.15) is 0 Å². The van der Waals surface area contributed by atoms with Gasteiger partial charge in [-0.3, -0.25) is 4.90 Å². The molecule has 2 fully saturated rings. The normalized spacial score (nSPS) is 28.5. The Morgan fingerprint density at radius 3 is 2.44 bits per heavy atom. The van der Waals surface area contributed by atoms with Crippen molar-refractivity contribution in [1.82, 2.24) is 19.4 Å². The number of imidazole rings is 1. The number of fused-ring (bicyclic) bond motifs is 1. The quantitative estimate of drug-likeness (QED) is 0.382. The molecule has 1 aromatic heterocycles. The van der Waals surface area contributed by atoms with Gasteiger partial charge in [-0.05, 0) is 94.7 Å². The number of likely N-dealkylation sites (tertiary alicyclic amines) is 2. The van der Waals surface area contributed by atoms with Crippen LogP contribution in [-0.4, -0.2) is 63.4 Å². The number of rotatable bonds is 7. The molecule has 2 aromatic rings. The van der Waals surface area contributed by atoms with Crippen LogP contribution < -0.4 is 0 Å². The monoisotopic (exact) mass is 508 g/mol. The molecule has 0 amide bonds.